The monoisotopic (exact) mass is 712 g/mol. The van der Waals surface area contributed by atoms with Crippen LogP contribution in [0.4, 0.5) is 13.2 Å². The lowest BCUT2D eigenvalue weighted by atomic mass is 9.89. The molecular formula is C37H44ClF3N6O3. The zero-order valence-corrected chi connectivity index (χ0v) is 29.1. The van der Waals surface area contributed by atoms with E-state index in [0.717, 1.165) is 93.7 Å². The van der Waals surface area contributed by atoms with Crippen molar-refractivity contribution in [1.29, 1.82) is 0 Å². The molecule has 2 aromatic heterocycles. The third-order valence-corrected chi connectivity index (χ3v) is 10.8. The number of nitrogens with zero attached hydrogens (tertiary/aromatic N) is 6. The second-order valence-corrected chi connectivity index (χ2v) is 14.3. The Morgan fingerprint density at radius 3 is 2.44 bits per heavy atom. The normalized spacial score (nSPS) is 18.9. The van der Waals surface area contributed by atoms with Crippen LogP contribution in [-0.4, -0.2) is 105 Å². The van der Waals surface area contributed by atoms with Crippen LogP contribution in [0.2, 0.25) is 5.02 Å². The molecule has 268 valence electrons. The SMILES string of the molecule is CC(=O)N1CCc2c(c(-c3ccc(C(F)(F)F)cc3)nn2CC(O)CN2CCC(c3cn(CCN4CCOCC4)c4cc(Cl)ccc34)CC2)C1. The molecule has 4 aromatic rings. The molecule has 3 aliphatic rings. The van der Waals surface area contributed by atoms with Crippen molar-refractivity contribution >= 4 is 28.4 Å². The first-order valence-electron chi connectivity index (χ1n) is 17.5. The van der Waals surface area contributed by atoms with Gasteiger partial charge in [-0.1, -0.05) is 29.8 Å². The Bertz CT molecular complexity index is 1810. The number of piperidine rings is 1. The minimum absolute atomic E-state index is 0.0634. The molecule has 0 radical (unpaired) electrons. The highest BCUT2D eigenvalue weighted by atomic mass is 35.5. The van der Waals surface area contributed by atoms with E-state index in [4.69, 9.17) is 21.4 Å². The van der Waals surface area contributed by atoms with Crippen LogP contribution in [0.1, 0.15) is 48.1 Å². The van der Waals surface area contributed by atoms with Gasteiger partial charge >= 0.3 is 6.18 Å². The summed E-state index contributed by atoms with van der Waals surface area (Å²) in [4.78, 5) is 18.7. The van der Waals surface area contributed by atoms with Gasteiger partial charge in [-0.15, -0.1) is 0 Å². The molecule has 0 aliphatic carbocycles. The predicted molar refractivity (Wildman–Crippen MR) is 186 cm³/mol. The van der Waals surface area contributed by atoms with Gasteiger partial charge in [-0.2, -0.15) is 18.3 Å². The summed E-state index contributed by atoms with van der Waals surface area (Å²) in [6.07, 6.45) is -0.281. The number of hydrogen-bond acceptors (Lipinski definition) is 6. The number of aliphatic hydroxyl groups excluding tert-OH is 1. The molecule has 2 saturated heterocycles. The highest BCUT2D eigenvalue weighted by Gasteiger charge is 2.32. The Kier molecular flexibility index (Phi) is 10.3. The number of aliphatic hydroxyl groups is 1. The molecule has 0 bridgehead atoms. The number of morpholine rings is 1. The van der Waals surface area contributed by atoms with Gasteiger partial charge in [-0.25, -0.2) is 0 Å². The number of benzene rings is 2. The first kappa shape index (κ1) is 35.0. The number of likely N-dealkylation sites (tertiary alicyclic amines) is 1. The molecule has 13 heteroatoms. The lowest BCUT2D eigenvalue weighted by molar-refractivity contribution is -0.137. The minimum Gasteiger partial charge on any atom is -0.390 e. The number of ether oxygens (including phenoxy) is 1. The summed E-state index contributed by atoms with van der Waals surface area (Å²) in [7, 11) is 0. The van der Waals surface area contributed by atoms with Gasteiger partial charge in [-0.05, 0) is 61.7 Å². The summed E-state index contributed by atoms with van der Waals surface area (Å²) in [6, 6.07) is 11.2. The number of carbonyl (C=O) groups excluding carboxylic acids is 1. The van der Waals surface area contributed by atoms with Gasteiger partial charge in [0.05, 0.1) is 37.1 Å². The van der Waals surface area contributed by atoms with Crippen molar-refractivity contribution in [3.05, 3.63) is 76.1 Å². The fourth-order valence-electron chi connectivity index (χ4n) is 7.82. The number of aromatic nitrogens is 3. The fourth-order valence-corrected chi connectivity index (χ4v) is 7.99. The van der Waals surface area contributed by atoms with E-state index in [1.807, 2.05) is 6.07 Å². The lowest BCUT2D eigenvalue weighted by Gasteiger charge is -2.33. The summed E-state index contributed by atoms with van der Waals surface area (Å²) in [5.41, 5.74) is 4.65. The molecule has 1 atom stereocenters. The fraction of sp³-hybridized carbons (Fsp3) is 0.514. The lowest BCUT2D eigenvalue weighted by Crippen LogP contribution is -2.40. The molecule has 0 spiro atoms. The van der Waals surface area contributed by atoms with Crippen molar-refractivity contribution in [3.63, 3.8) is 0 Å². The Balaban J connectivity index is 1.01. The molecule has 2 aromatic carbocycles. The number of fused-ring (bicyclic) bond motifs is 2. The average Bonchev–Trinajstić information content (AvgIpc) is 3.65. The Hall–Kier alpha value is -3.42. The second kappa shape index (κ2) is 14.7. The summed E-state index contributed by atoms with van der Waals surface area (Å²) >= 11 is 6.44. The third-order valence-electron chi connectivity index (χ3n) is 10.6. The van der Waals surface area contributed by atoms with Crippen molar-refractivity contribution in [2.45, 2.75) is 64.0 Å². The summed E-state index contributed by atoms with van der Waals surface area (Å²) in [5.74, 6) is 0.344. The molecule has 50 heavy (non-hydrogen) atoms. The molecule has 0 saturated carbocycles. The molecule has 1 unspecified atom stereocenters. The maximum Gasteiger partial charge on any atom is 0.416 e. The highest BCUT2D eigenvalue weighted by molar-refractivity contribution is 6.31. The minimum atomic E-state index is -4.43. The van der Waals surface area contributed by atoms with Crippen molar-refractivity contribution in [2.75, 3.05) is 59.0 Å². The van der Waals surface area contributed by atoms with Crippen molar-refractivity contribution in [2.24, 2.45) is 0 Å². The van der Waals surface area contributed by atoms with Gasteiger partial charge in [-0.3, -0.25) is 14.4 Å². The number of carbonyl (C=O) groups is 1. The van der Waals surface area contributed by atoms with Crippen LogP contribution >= 0.6 is 11.6 Å². The standard InChI is InChI=1S/C37H44ClF3N6O3/c1-25(48)45-13-10-34-33(24-45)36(27-2-4-28(5-3-27)37(39,40)41)42-47(34)22-30(49)21-44-11-8-26(9-12-44)32-23-46(15-14-43-16-18-50-19-17-43)35-20-29(38)6-7-31(32)35/h2-7,20,23,26,30,49H,8-19,21-22,24H2,1H3. The van der Waals surface area contributed by atoms with E-state index >= 15 is 0 Å². The molecule has 1 amide bonds. The first-order valence-corrected chi connectivity index (χ1v) is 17.9. The van der Waals surface area contributed by atoms with E-state index < -0.39 is 17.8 Å². The van der Waals surface area contributed by atoms with Gasteiger partial charge in [0.15, 0.2) is 0 Å². The maximum atomic E-state index is 13.2. The van der Waals surface area contributed by atoms with Crippen molar-refractivity contribution in [1.82, 2.24) is 29.0 Å². The van der Waals surface area contributed by atoms with E-state index in [1.54, 1.807) is 9.58 Å². The van der Waals surface area contributed by atoms with Crippen LogP contribution in [0.25, 0.3) is 22.2 Å². The zero-order chi connectivity index (χ0) is 35.0. The summed E-state index contributed by atoms with van der Waals surface area (Å²) in [5, 5.41) is 18.1. The molecule has 7 rings (SSSR count). The van der Waals surface area contributed by atoms with Crippen LogP contribution in [0, 0.1) is 0 Å². The quantitative estimate of drug-likeness (QED) is 0.242. The Morgan fingerprint density at radius 2 is 1.74 bits per heavy atom. The molecule has 3 aliphatic heterocycles. The Labute approximate surface area is 295 Å². The first-order chi connectivity index (χ1) is 24.0. The topological polar surface area (TPSA) is 79.0 Å². The van der Waals surface area contributed by atoms with E-state index in [2.05, 4.69) is 32.7 Å². The molecule has 1 N–H and O–H groups in total. The largest absolute Gasteiger partial charge is 0.416 e. The van der Waals surface area contributed by atoms with Crippen LogP contribution in [0.15, 0.2) is 48.7 Å². The van der Waals surface area contributed by atoms with Crippen LogP contribution < -0.4 is 0 Å². The van der Waals surface area contributed by atoms with Gasteiger partial charge in [0.2, 0.25) is 5.91 Å². The molecule has 2 fully saturated rings. The highest BCUT2D eigenvalue weighted by Crippen LogP contribution is 2.37. The summed E-state index contributed by atoms with van der Waals surface area (Å²) < 4.78 is 49.4. The number of hydrogen-bond donors (Lipinski definition) is 1. The zero-order valence-electron chi connectivity index (χ0n) is 28.3. The van der Waals surface area contributed by atoms with Gasteiger partial charge < -0.3 is 24.2 Å². The molecular weight excluding hydrogens is 669 g/mol. The van der Waals surface area contributed by atoms with Gasteiger partial charge in [0.25, 0.3) is 0 Å². The predicted octanol–water partition coefficient (Wildman–Crippen LogP) is 5.65. The van der Waals surface area contributed by atoms with Gasteiger partial charge in [0, 0.05) is 98.1 Å². The number of rotatable bonds is 9. The van der Waals surface area contributed by atoms with Crippen molar-refractivity contribution < 1.29 is 27.8 Å². The van der Waals surface area contributed by atoms with E-state index in [-0.39, 0.29) is 12.5 Å². The average molecular weight is 713 g/mol. The van der Waals surface area contributed by atoms with E-state index in [1.165, 1.54) is 35.5 Å². The smallest absolute Gasteiger partial charge is 0.390 e. The van der Waals surface area contributed by atoms with Gasteiger partial charge in [0.1, 0.15) is 0 Å². The van der Waals surface area contributed by atoms with E-state index in [0.29, 0.717) is 43.2 Å². The maximum absolute atomic E-state index is 13.2. The van der Waals surface area contributed by atoms with Crippen LogP contribution in [0.3, 0.4) is 0 Å². The second-order valence-electron chi connectivity index (χ2n) is 13.8. The van der Waals surface area contributed by atoms with Crippen LogP contribution in [-0.2, 0) is 41.8 Å². The number of alkyl halides is 3. The van der Waals surface area contributed by atoms with Crippen molar-refractivity contribution in [3.8, 4) is 11.3 Å². The molecule has 5 heterocycles. The number of amides is 1. The Morgan fingerprint density at radius 1 is 1.00 bits per heavy atom. The summed E-state index contributed by atoms with van der Waals surface area (Å²) in [6.45, 7) is 10.2. The number of β-amino-alcohol motifs (C(OH)–C–C–N with tert-alkyl or cyclic N) is 1. The van der Waals surface area contributed by atoms with E-state index in [9.17, 15) is 23.1 Å². The third kappa shape index (κ3) is 7.60. The molecule has 9 nitrogen and oxygen atoms in total. The van der Waals surface area contributed by atoms with Crippen LogP contribution in [0.5, 0.6) is 0 Å². The number of halogens is 4.